The van der Waals surface area contributed by atoms with Crippen molar-refractivity contribution in [1.29, 1.82) is 0 Å². The molecule has 1 saturated carbocycles. The fourth-order valence-electron chi connectivity index (χ4n) is 4.40. The number of rotatable bonds is 6. The maximum Gasteiger partial charge on any atom is 0.226 e. The summed E-state index contributed by atoms with van der Waals surface area (Å²) in [6, 6.07) is 15.5. The summed E-state index contributed by atoms with van der Waals surface area (Å²) in [7, 11) is 0. The second-order valence-corrected chi connectivity index (χ2v) is 8.20. The number of halogens is 1. The van der Waals surface area contributed by atoms with E-state index in [4.69, 9.17) is 0 Å². The molecule has 148 valence electrons. The molecule has 2 atom stereocenters. The third-order valence-electron chi connectivity index (χ3n) is 6.24. The molecule has 0 aromatic heterocycles. The van der Waals surface area contributed by atoms with E-state index in [2.05, 4.69) is 34.1 Å². The fourth-order valence-corrected chi connectivity index (χ4v) is 4.40. The Morgan fingerprint density at radius 2 is 1.82 bits per heavy atom. The van der Waals surface area contributed by atoms with Gasteiger partial charge < -0.3 is 4.90 Å². The second-order valence-electron chi connectivity index (χ2n) is 8.20. The van der Waals surface area contributed by atoms with E-state index in [9.17, 15) is 9.18 Å². The predicted molar refractivity (Wildman–Crippen MR) is 110 cm³/mol. The Morgan fingerprint density at radius 1 is 1.07 bits per heavy atom. The van der Waals surface area contributed by atoms with Crippen LogP contribution in [0.25, 0.3) is 0 Å². The molecule has 0 bridgehead atoms. The van der Waals surface area contributed by atoms with Gasteiger partial charge in [-0.25, -0.2) is 4.39 Å². The van der Waals surface area contributed by atoms with Crippen LogP contribution in [0, 0.1) is 18.7 Å². The minimum absolute atomic E-state index is 0.160. The monoisotopic (exact) mass is 380 g/mol. The summed E-state index contributed by atoms with van der Waals surface area (Å²) in [5.74, 6) is 0.795. The summed E-state index contributed by atoms with van der Waals surface area (Å²) in [6.07, 6.45) is 3.05. The average Bonchev–Trinajstić information content (AvgIpc) is 3.51. The number of nitrogens with zero attached hydrogens (tertiary/aromatic N) is 2. The van der Waals surface area contributed by atoms with Crippen LogP contribution < -0.4 is 0 Å². The van der Waals surface area contributed by atoms with Crippen LogP contribution in [0.4, 0.5) is 4.39 Å². The molecule has 2 fully saturated rings. The van der Waals surface area contributed by atoms with Crippen molar-refractivity contribution >= 4 is 5.91 Å². The zero-order chi connectivity index (χ0) is 19.5. The number of carbonyl (C=O) groups excluding carboxylic acids is 1. The molecular formula is C24H29FN2O. The van der Waals surface area contributed by atoms with Gasteiger partial charge in [0.25, 0.3) is 0 Å². The summed E-state index contributed by atoms with van der Waals surface area (Å²) < 4.78 is 13.2. The molecule has 0 radical (unpaired) electrons. The number of amides is 1. The molecule has 2 aromatic rings. The molecule has 1 heterocycles. The molecule has 1 saturated heterocycles. The highest BCUT2D eigenvalue weighted by Gasteiger charge is 2.45. The van der Waals surface area contributed by atoms with E-state index in [1.165, 1.54) is 11.1 Å². The molecule has 1 aliphatic heterocycles. The number of carbonyl (C=O) groups is 1. The molecule has 0 unspecified atom stereocenters. The van der Waals surface area contributed by atoms with E-state index in [0.29, 0.717) is 11.8 Å². The van der Waals surface area contributed by atoms with Gasteiger partial charge in [-0.2, -0.15) is 0 Å². The molecule has 28 heavy (non-hydrogen) atoms. The molecule has 0 spiro atoms. The van der Waals surface area contributed by atoms with Crippen LogP contribution in [0.1, 0.15) is 35.4 Å². The summed E-state index contributed by atoms with van der Waals surface area (Å²) in [5, 5.41) is 0. The first-order valence-corrected chi connectivity index (χ1v) is 10.4. The van der Waals surface area contributed by atoms with Gasteiger partial charge in [0.1, 0.15) is 5.82 Å². The van der Waals surface area contributed by atoms with Gasteiger partial charge in [-0.15, -0.1) is 0 Å². The lowest BCUT2D eigenvalue weighted by Crippen LogP contribution is -2.49. The quantitative estimate of drug-likeness (QED) is 0.756. The molecule has 4 rings (SSSR count). The lowest BCUT2D eigenvalue weighted by Gasteiger charge is -2.35. The van der Waals surface area contributed by atoms with Crippen LogP contribution in [0.15, 0.2) is 48.5 Å². The summed E-state index contributed by atoms with van der Waals surface area (Å²) in [4.78, 5) is 17.3. The average molecular weight is 381 g/mol. The smallest absolute Gasteiger partial charge is 0.226 e. The minimum Gasteiger partial charge on any atom is -0.340 e. The fraction of sp³-hybridized carbons (Fsp3) is 0.458. The molecule has 1 aliphatic carbocycles. The SMILES string of the molecule is Cc1cc(F)ccc1CCCN1CCN(C(=O)[C@@H]2C[C@H]2c2ccccc2)CC1. The Labute approximate surface area is 167 Å². The normalized spacial score (nSPS) is 22.3. The van der Waals surface area contributed by atoms with Gasteiger partial charge in [0.05, 0.1) is 0 Å². The van der Waals surface area contributed by atoms with E-state index in [1.807, 2.05) is 19.1 Å². The highest BCUT2D eigenvalue weighted by Crippen LogP contribution is 2.48. The lowest BCUT2D eigenvalue weighted by molar-refractivity contribution is -0.134. The maximum atomic E-state index is 13.2. The molecule has 1 amide bonds. The van der Waals surface area contributed by atoms with Crippen LogP contribution in [0.2, 0.25) is 0 Å². The Morgan fingerprint density at radius 3 is 2.54 bits per heavy atom. The van der Waals surface area contributed by atoms with Crippen molar-refractivity contribution in [2.45, 2.75) is 32.1 Å². The first-order chi connectivity index (χ1) is 13.6. The van der Waals surface area contributed by atoms with Gasteiger partial charge in [-0.05, 0) is 67.5 Å². The van der Waals surface area contributed by atoms with E-state index < -0.39 is 0 Å². The van der Waals surface area contributed by atoms with Gasteiger partial charge >= 0.3 is 0 Å². The van der Waals surface area contributed by atoms with Crippen LogP contribution in [0.3, 0.4) is 0 Å². The van der Waals surface area contributed by atoms with Crippen molar-refractivity contribution in [3.8, 4) is 0 Å². The number of hydrogen-bond acceptors (Lipinski definition) is 2. The highest BCUT2D eigenvalue weighted by atomic mass is 19.1. The Balaban J connectivity index is 1.19. The molecule has 2 aliphatic rings. The minimum atomic E-state index is -0.160. The largest absolute Gasteiger partial charge is 0.340 e. The van der Waals surface area contributed by atoms with Crippen LogP contribution in [-0.4, -0.2) is 48.4 Å². The Bertz CT molecular complexity index is 815. The molecule has 2 aromatic carbocycles. The first kappa shape index (κ1) is 19.1. The number of piperazine rings is 1. The van der Waals surface area contributed by atoms with Gasteiger partial charge in [0.15, 0.2) is 0 Å². The van der Waals surface area contributed by atoms with Crippen molar-refractivity contribution in [1.82, 2.24) is 9.80 Å². The van der Waals surface area contributed by atoms with Crippen molar-refractivity contribution < 1.29 is 9.18 Å². The number of hydrogen-bond donors (Lipinski definition) is 0. The third-order valence-corrected chi connectivity index (χ3v) is 6.24. The second kappa shape index (κ2) is 8.44. The topological polar surface area (TPSA) is 23.6 Å². The molecule has 4 heteroatoms. The zero-order valence-corrected chi connectivity index (χ0v) is 16.6. The van der Waals surface area contributed by atoms with Crippen molar-refractivity contribution in [2.24, 2.45) is 5.92 Å². The maximum absolute atomic E-state index is 13.2. The first-order valence-electron chi connectivity index (χ1n) is 10.4. The summed E-state index contributed by atoms with van der Waals surface area (Å²) >= 11 is 0. The van der Waals surface area contributed by atoms with E-state index in [0.717, 1.165) is 57.5 Å². The summed E-state index contributed by atoms with van der Waals surface area (Å²) in [6.45, 7) is 6.60. The van der Waals surface area contributed by atoms with E-state index >= 15 is 0 Å². The number of aryl methyl sites for hydroxylation is 2. The van der Waals surface area contributed by atoms with Crippen molar-refractivity contribution in [3.63, 3.8) is 0 Å². The molecular weight excluding hydrogens is 351 g/mol. The zero-order valence-electron chi connectivity index (χ0n) is 16.6. The molecule has 0 N–H and O–H groups in total. The Kier molecular flexibility index (Phi) is 5.77. The van der Waals surface area contributed by atoms with Crippen LogP contribution >= 0.6 is 0 Å². The third kappa shape index (κ3) is 4.44. The van der Waals surface area contributed by atoms with E-state index in [1.54, 1.807) is 12.1 Å². The Hall–Kier alpha value is -2.20. The van der Waals surface area contributed by atoms with Crippen molar-refractivity contribution in [2.75, 3.05) is 32.7 Å². The number of benzene rings is 2. The van der Waals surface area contributed by atoms with Gasteiger partial charge in [0.2, 0.25) is 5.91 Å². The van der Waals surface area contributed by atoms with Gasteiger partial charge in [-0.3, -0.25) is 9.69 Å². The van der Waals surface area contributed by atoms with Crippen LogP contribution in [-0.2, 0) is 11.2 Å². The van der Waals surface area contributed by atoms with Crippen LogP contribution in [0.5, 0.6) is 0 Å². The highest BCUT2D eigenvalue weighted by molar-refractivity contribution is 5.83. The predicted octanol–water partition coefficient (Wildman–Crippen LogP) is 4.01. The van der Waals surface area contributed by atoms with Gasteiger partial charge in [0, 0.05) is 32.1 Å². The van der Waals surface area contributed by atoms with E-state index in [-0.39, 0.29) is 11.7 Å². The van der Waals surface area contributed by atoms with Gasteiger partial charge in [-0.1, -0.05) is 36.4 Å². The summed E-state index contributed by atoms with van der Waals surface area (Å²) in [5.41, 5.74) is 3.57. The standard InChI is InChI=1S/C24H29FN2O/c1-18-16-21(25)10-9-19(18)8-5-11-26-12-14-27(15-13-26)24(28)23-17-22(23)20-6-3-2-4-7-20/h2-4,6-7,9-10,16,22-23H,5,8,11-15,17H2,1H3/t22-,23+/m0/s1. The lowest BCUT2D eigenvalue weighted by atomic mass is 10.0. The van der Waals surface area contributed by atoms with Crippen molar-refractivity contribution in [3.05, 3.63) is 71.0 Å². The molecule has 3 nitrogen and oxygen atoms in total.